The molecule has 1 unspecified atom stereocenters. The van der Waals surface area contributed by atoms with E-state index in [1.54, 1.807) is 0 Å². The molecule has 1 heterocycles. The van der Waals surface area contributed by atoms with E-state index in [1.165, 1.54) is 11.3 Å². The van der Waals surface area contributed by atoms with E-state index in [2.05, 4.69) is 25.2 Å². The fourth-order valence-electron chi connectivity index (χ4n) is 2.02. The molecule has 1 aromatic rings. The summed E-state index contributed by atoms with van der Waals surface area (Å²) in [6.07, 6.45) is 0. The summed E-state index contributed by atoms with van der Waals surface area (Å²) in [7, 11) is 0. The molecule has 1 aliphatic heterocycles. The van der Waals surface area contributed by atoms with Crippen molar-refractivity contribution in [3.05, 3.63) is 29.3 Å². The van der Waals surface area contributed by atoms with Crippen LogP contribution in [0.25, 0.3) is 0 Å². The lowest BCUT2D eigenvalue weighted by molar-refractivity contribution is 0.533. The third kappa shape index (κ3) is 1.35. The summed E-state index contributed by atoms with van der Waals surface area (Å²) >= 11 is 0. The molecule has 0 spiro atoms. The highest BCUT2D eigenvalue weighted by Gasteiger charge is 2.24. The van der Waals surface area contributed by atoms with Gasteiger partial charge in [-0.05, 0) is 29.7 Å². The summed E-state index contributed by atoms with van der Waals surface area (Å²) in [5, 5.41) is 12.2. The second-order valence-corrected chi connectivity index (χ2v) is 4.15. The Kier molecular flexibility index (Phi) is 2.17. The van der Waals surface area contributed by atoms with Gasteiger partial charge in [0.2, 0.25) is 0 Å². The van der Waals surface area contributed by atoms with E-state index in [0.29, 0.717) is 11.8 Å². The summed E-state index contributed by atoms with van der Waals surface area (Å²) < 4.78 is 0. The van der Waals surface area contributed by atoms with Gasteiger partial charge in [0, 0.05) is 18.2 Å². The van der Waals surface area contributed by atoms with Gasteiger partial charge in [-0.3, -0.25) is 0 Å². The van der Waals surface area contributed by atoms with Gasteiger partial charge in [-0.1, -0.05) is 13.8 Å². The van der Waals surface area contributed by atoms with Crippen LogP contribution in [0.4, 0.5) is 5.69 Å². The summed E-state index contributed by atoms with van der Waals surface area (Å²) in [4.78, 5) is 0. The Labute approximate surface area is 84.6 Å². The van der Waals surface area contributed by atoms with Gasteiger partial charge in [-0.2, -0.15) is 5.26 Å². The predicted octanol–water partition coefficient (Wildman–Crippen LogP) is 2.72. The van der Waals surface area contributed by atoms with Crippen LogP contribution in [0.15, 0.2) is 18.2 Å². The molecule has 2 rings (SSSR count). The molecule has 1 aliphatic rings. The Morgan fingerprint density at radius 2 is 2.29 bits per heavy atom. The average molecular weight is 186 g/mol. The zero-order chi connectivity index (χ0) is 10.1. The zero-order valence-electron chi connectivity index (χ0n) is 8.54. The minimum atomic E-state index is 0.554. The molecule has 1 N–H and O–H groups in total. The second kappa shape index (κ2) is 3.34. The Hall–Kier alpha value is -1.49. The molecule has 0 fully saturated rings. The van der Waals surface area contributed by atoms with E-state index in [0.717, 1.165) is 12.1 Å². The second-order valence-electron chi connectivity index (χ2n) is 4.15. The Morgan fingerprint density at radius 3 is 2.93 bits per heavy atom. The quantitative estimate of drug-likeness (QED) is 0.732. The first kappa shape index (κ1) is 9.08. The Balaban J connectivity index is 2.43. The highest BCUT2D eigenvalue weighted by molar-refractivity contribution is 5.60. The molecule has 1 aromatic carbocycles. The standard InChI is InChI=1S/C12H14N2/c1-8(2)11-7-14-12-4-3-9(6-13)5-10(11)12/h3-5,8,11,14H,7H2,1-2H3. The molecule has 2 heteroatoms. The van der Waals surface area contributed by atoms with Crippen molar-refractivity contribution in [3.63, 3.8) is 0 Å². The van der Waals surface area contributed by atoms with Crippen LogP contribution in [0, 0.1) is 17.2 Å². The molecule has 2 nitrogen and oxygen atoms in total. The minimum Gasteiger partial charge on any atom is -0.384 e. The Bertz CT molecular complexity index is 388. The van der Waals surface area contributed by atoms with Crippen molar-refractivity contribution in [2.45, 2.75) is 19.8 Å². The molecule has 72 valence electrons. The fourth-order valence-corrected chi connectivity index (χ4v) is 2.02. The van der Waals surface area contributed by atoms with Gasteiger partial charge >= 0.3 is 0 Å². The van der Waals surface area contributed by atoms with Crippen molar-refractivity contribution in [2.24, 2.45) is 5.92 Å². The lowest BCUT2D eigenvalue weighted by Crippen LogP contribution is -2.08. The van der Waals surface area contributed by atoms with Crippen LogP contribution in [0.2, 0.25) is 0 Å². The van der Waals surface area contributed by atoms with Gasteiger partial charge in [0.05, 0.1) is 11.6 Å². The van der Waals surface area contributed by atoms with Gasteiger partial charge < -0.3 is 5.32 Å². The lowest BCUT2D eigenvalue weighted by atomic mass is 9.89. The van der Waals surface area contributed by atoms with Crippen molar-refractivity contribution in [2.75, 3.05) is 11.9 Å². The molecular weight excluding hydrogens is 172 g/mol. The van der Waals surface area contributed by atoms with Gasteiger partial charge in [-0.25, -0.2) is 0 Å². The van der Waals surface area contributed by atoms with E-state index in [-0.39, 0.29) is 0 Å². The largest absolute Gasteiger partial charge is 0.384 e. The topological polar surface area (TPSA) is 35.8 Å². The SMILES string of the molecule is CC(C)C1CNc2ccc(C#N)cc21. The number of anilines is 1. The van der Waals surface area contributed by atoms with Crippen molar-refractivity contribution in [1.29, 1.82) is 5.26 Å². The van der Waals surface area contributed by atoms with Crippen molar-refractivity contribution in [1.82, 2.24) is 0 Å². The zero-order valence-corrected chi connectivity index (χ0v) is 8.54. The molecule has 0 saturated carbocycles. The maximum atomic E-state index is 8.82. The number of benzene rings is 1. The third-order valence-electron chi connectivity index (χ3n) is 2.90. The normalized spacial score (nSPS) is 18.9. The van der Waals surface area contributed by atoms with E-state index in [4.69, 9.17) is 5.26 Å². The molecule has 14 heavy (non-hydrogen) atoms. The van der Waals surface area contributed by atoms with E-state index >= 15 is 0 Å². The summed E-state index contributed by atoms with van der Waals surface area (Å²) in [6, 6.07) is 8.08. The van der Waals surface area contributed by atoms with Crippen LogP contribution in [-0.4, -0.2) is 6.54 Å². The maximum absolute atomic E-state index is 8.82. The number of nitrogens with one attached hydrogen (secondary N) is 1. The molecule has 0 aliphatic carbocycles. The van der Waals surface area contributed by atoms with Gasteiger partial charge in [0.1, 0.15) is 0 Å². The Morgan fingerprint density at radius 1 is 1.50 bits per heavy atom. The molecular formula is C12H14N2. The van der Waals surface area contributed by atoms with Crippen LogP contribution in [0.5, 0.6) is 0 Å². The van der Waals surface area contributed by atoms with E-state index in [1.807, 2.05) is 18.2 Å². The van der Waals surface area contributed by atoms with Crippen LogP contribution in [0.1, 0.15) is 30.9 Å². The highest BCUT2D eigenvalue weighted by Crippen LogP contribution is 2.36. The third-order valence-corrected chi connectivity index (χ3v) is 2.90. The summed E-state index contributed by atoms with van der Waals surface area (Å²) in [5.74, 6) is 1.18. The fraction of sp³-hybridized carbons (Fsp3) is 0.417. The highest BCUT2D eigenvalue weighted by atomic mass is 14.9. The molecule has 0 bridgehead atoms. The van der Waals surface area contributed by atoms with Crippen LogP contribution < -0.4 is 5.32 Å². The van der Waals surface area contributed by atoms with Crippen molar-refractivity contribution >= 4 is 5.69 Å². The van der Waals surface area contributed by atoms with Crippen molar-refractivity contribution < 1.29 is 0 Å². The smallest absolute Gasteiger partial charge is 0.0991 e. The average Bonchev–Trinajstić information content (AvgIpc) is 2.59. The summed E-state index contributed by atoms with van der Waals surface area (Å²) in [6.45, 7) is 5.45. The van der Waals surface area contributed by atoms with Gasteiger partial charge in [0.25, 0.3) is 0 Å². The summed E-state index contributed by atoms with van der Waals surface area (Å²) in [5.41, 5.74) is 3.26. The molecule has 1 atom stereocenters. The monoisotopic (exact) mass is 186 g/mol. The lowest BCUT2D eigenvalue weighted by Gasteiger charge is -2.13. The molecule has 0 radical (unpaired) electrons. The number of hydrogen-bond donors (Lipinski definition) is 1. The number of hydrogen-bond acceptors (Lipinski definition) is 2. The molecule has 0 amide bonds. The number of fused-ring (bicyclic) bond motifs is 1. The number of nitriles is 1. The first-order valence-electron chi connectivity index (χ1n) is 5.00. The van der Waals surface area contributed by atoms with E-state index in [9.17, 15) is 0 Å². The first-order valence-corrected chi connectivity index (χ1v) is 5.00. The van der Waals surface area contributed by atoms with Crippen LogP contribution in [-0.2, 0) is 0 Å². The number of nitrogens with zero attached hydrogens (tertiary/aromatic N) is 1. The first-order chi connectivity index (χ1) is 6.72. The minimum absolute atomic E-state index is 0.554. The van der Waals surface area contributed by atoms with Crippen molar-refractivity contribution in [3.8, 4) is 6.07 Å². The van der Waals surface area contributed by atoms with Gasteiger partial charge in [0.15, 0.2) is 0 Å². The molecule has 0 saturated heterocycles. The van der Waals surface area contributed by atoms with Crippen LogP contribution >= 0.6 is 0 Å². The van der Waals surface area contributed by atoms with Crippen LogP contribution in [0.3, 0.4) is 0 Å². The predicted molar refractivity (Wildman–Crippen MR) is 57.2 cm³/mol. The van der Waals surface area contributed by atoms with E-state index < -0.39 is 0 Å². The van der Waals surface area contributed by atoms with Gasteiger partial charge in [-0.15, -0.1) is 0 Å². The number of rotatable bonds is 1. The maximum Gasteiger partial charge on any atom is 0.0991 e. The molecule has 0 aromatic heterocycles.